The largest absolute Gasteiger partial charge is 0.381 e. The minimum Gasteiger partial charge on any atom is -0.381 e. The number of hydrogen-bond acceptors (Lipinski definition) is 2. The molecule has 1 atom stereocenters. The number of methoxy groups -OCH3 is 1. The molecule has 1 fully saturated rings. The zero-order valence-electron chi connectivity index (χ0n) is 7.25. The lowest BCUT2D eigenvalue weighted by molar-refractivity contribution is -0.0520. The Morgan fingerprint density at radius 1 is 1.64 bits per heavy atom. The summed E-state index contributed by atoms with van der Waals surface area (Å²) >= 11 is 0. The van der Waals surface area contributed by atoms with E-state index in [9.17, 15) is 0 Å². The summed E-state index contributed by atoms with van der Waals surface area (Å²) in [4.78, 5) is 0. The zero-order chi connectivity index (χ0) is 8.10. The third kappa shape index (κ3) is 2.64. The van der Waals surface area contributed by atoms with Gasteiger partial charge in [0.15, 0.2) is 0 Å². The molecule has 0 aliphatic carbocycles. The summed E-state index contributed by atoms with van der Waals surface area (Å²) in [7, 11) is 1.75. The molecule has 0 bridgehead atoms. The van der Waals surface area contributed by atoms with Gasteiger partial charge in [-0.1, -0.05) is 12.2 Å². The predicted molar refractivity (Wildman–Crippen MR) is 44.5 cm³/mol. The highest BCUT2D eigenvalue weighted by Crippen LogP contribution is 2.18. The molecule has 0 radical (unpaired) electrons. The molecule has 1 rings (SSSR count). The van der Waals surface area contributed by atoms with E-state index in [1.54, 1.807) is 7.11 Å². The van der Waals surface area contributed by atoms with Crippen LogP contribution < -0.4 is 0 Å². The molecule has 1 aliphatic heterocycles. The van der Waals surface area contributed by atoms with E-state index in [-0.39, 0.29) is 6.10 Å². The Morgan fingerprint density at radius 3 is 2.73 bits per heavy atom. The van der Waals surface area contributed by atoms with Gasteiger partial charge in [0.25, 0.3) is 0 Å². The van der Waals surface area contributed by atoms with E-state index in [4.69, 9.17) is 9.47 Å². The molecule has 0 amide bonds. The van der Waals surface area contributed by atoms with Crippen molar-refractivity contribution in [3.8, 4) is 0 Å². The second-order valence-electron chi connectivity index (χ2n) is 2.94. The number of allylic oxidation sites excluding steroid dienone is 1. The van der Waals surface area contributed by atoms with Crippen LogP contribution in [-0.2, 0) is 9.47 Å². The van der Waals surface area contributed by atoms with Gasteiger partial charge in [-0.2, -0.15) is 0 Å². The molecule has 1 aliphatic rings. The van der Waals surface area contributed by atoms with Gasteiger partial charge < -0.3 is 9.47 Å². The Labute approximate surface area is 68.2 Å². The van der Waals surface area contributed by atoms with Crippen LogP contribution in [0, 0.1) is 5.92 Å². The first-order valence-corrected chi connectivity index (χ1v) is 4.10. The van der Waals surface area contributed by atoms with Crippen LogP contribution in [0.4, 0.5) is 0 Å². The Balaban J connectivity index is 2.19. The van der Waals surface area contributed by atoms with Gasteiger partial charge >= 0.3 is 0 Å². The Hall–Kier alpha value is -0.340. The molecule has 2 nitrogen and oxygen atoms in total. The van der Waals surface area contributed by atoms with Crippen LogP contribution in [0.5, 0.6) is 0 Å². The van der Waals surface area contributed by atoms with Gasteiger partial charge in [-0.05, 0) is 13.3 Å². The van der Waals surface area contributed by atoms with E-state index < -0.39 is 0 Å². The summed E-state index contributed by atoms with van der Waals surface area (Å²) in [6.07, 6.45) is 5.52. The molecule has 0 aromatic heterocycles. The first kappa shape index (κ1) is 8.75. The molecule has 0 N–H and O–H groups in total. The van der Waals surface area contributed by atoms with Crippen LogP contribution in [-0.4, -0.2) is 26.4 Å². The fourth-order valence-electron chi connectivity index (χ4n) is 1.22. The smallest absolute Gasteiger partial charge is 0.0756 e. The summed E-state index contributed by atoms with van der Waals surface area (Å²) in [5.41, 5.74) is 0. The van der Waals surface area contributed by atoms with Gasteiger partial charge in [0.1, 0.15) is 0 Å². The average Bonchev–Trinajstić information content (AvgIpc) is 1.94. The van der Waals surface area contributed by atoms with Crippen molar-refractivity contribution >= 4 is 0 Å². The molecule has 1 saturated heterocycles. The molecule has 0 aromatic rings. The monoisotopic (exact) mass is 156 g/mol. The van der Waals surface area contributed by atoms with Crippen LogP contribution in [0.25, 0.3) is 0 Å². The molecule has 0 aromatic carbocycles. The maximum absolute atomic E-state index is 5.25. The van der Waals surface area contributed by atoms with Crippen molar-refractivity contribution in [2.24, 2.45) is 5.92 Å². The first-order valence-electron chi connectivity index (χ1n) is 4.10. The van der Waals surface area contributed by atoms with E-state index in [1.807, 2.05) is 13.0 Å². The minimum atomic E-state index is 0.286. The van der Waals surface area contributed by atoms with Crippen molar-refractivity contribution in [3.63, 3.8) is 0 Å². The highest BCUT2D eigenvalue weighted by molar-refractivity contribution is 4.88. The second-order valence-corrected chi connectivity index (χ2v) is 2.94. The van der Waals surface area contributed by atoms with E-state index >= 15 is 0 Å². The Bertz CT molecular complexity index is 128. The zero-order valence-corrected chi connectivity index (χ0v) is 7.25. The highest BCUT2D eigenvalue weighted by atomic mass is 16.5. The highest BCUT2D eigenvalue weighted by Gasteiger charge is 2.21. The fraction of sp³-hybridized carbons (Fsp3) is 0.778. The van der Waals surface area contributed by atoms with Crippen LogP contribution in [0.1, 0.15) is 13.3 Å². The molecule has 1 heterocycles. The van der Waals surface area contributed by atoms with Gasteiger partial charge in [0, 0.05) is 13.0 Å². The van der Waals surface area contributed by atoms with E-state index in [0.29, 0.717) is 0 Å². The summed E-state index contributed by atoms with van der Waals surface area (Å²) < 4.78 is 10.3. The Morgan fingerprint density at radius 2 is 2.36 bits per heavy atom. The average molecular weight is 156 g/mol. The molecule has 64 valence electrons. The van der Waals surface area contributed by atoms with Crippen molar-refractivity contribution < 1.29 is 9.47 Å². The lowest BCUT2D eigenvalue weighted by Gasteiger charge is -2.28. The first-order chi connectivity index (χ1) is 5.36. The predicted octanol–water partition coefficient (Wildman–Crippen LogP) is 1.61. The van der Waals surface area contributed by atoms with E-state index in [2.05, 4.69) is 6.08 Å². The van der Waals surface area contributed by atoms with Gasteiger partial charge in [0.05, 0.1) is 19.3 Å². The summed E-state index contributed by atoms with van der Waals surface area (Å²) in [6.45, 7) is 3.85. The molecule has 0 saturated carbocycles. The van der Waals surface area contributed by atoms with E-state index in [1.165, 1.54) is 0 Å². The summed E-state index contributed by atoms with van der Waals surface area (Å²) in [5, 5.41) is 0. The molecule has 1 unspecified atom stereocenters. The normalized spacial score (nSPS) is 22.0. The van der Waals surface area contributed by atoms with Crippen LogP contribution in [0.3, 0.4) is 0 Å². The Kier molecular flexibility index (Phi) is 3.60. The van der Waals surface area contributed by atoms with Gasteiger partial charge in [0.2, 0.25) is 0 Å². The van der Waals surface area contributed by atoms with Crippen LogP contribution >= 0.6 is 0 Å². The maximum Gasteiger partial charge on any atom is 0.0756 e. The lowest BCUT2D eigenvalue weighted by Crippen LogP contribution is -2.31. The molecular formula is C9H16O2. The lowest BCUT2D eigenvalue weighted by atomic mass is 10.00. The van der Waals surface area contributed by atoms with Gasteiger partial charge in [-0.25, -0.2) is 0 Å². The van der Waals surface area contributed by atoms with Crippen molar-refractivity contribution in [1.29, 1.82) is 0 Å². The number of ether oxygens (including phenoxy) is 2. The summed E-state index contributed by atoms with van der Waals surface area (Å²) in [6, 6.07) is 0. The van der Waals surface area contributed by atoms with E-state index in [0.717, 1.165) is 25.6 Å². The maximum atomic E-state index is 5.25. The molecule has 0 spiro atoms. The standard InChI is InChI=1S/C9H16O2/c1-3-4-9(10-2)5-8-6-11-7-8/h3-4,8-9H,5-7H2,1-2H3. The van der Waals surface area contributed by atoms with Crippen LogP contribution in [0.2, 0.25) is 0 Å². The SMILES string of the molecule is CC=CC(CC1COC1)OC. The van der Waals surface area contributed by atoms with Crippen LogP contribution in [0.15, 0.2) is 12.2 Å². The second kappa shape index (κ2) is 4.52. The topological polar surface area (TPSA) is 18.5 Å². The number of rotatable bonds is 4. The number of hydrogen-bond donors (Lipinski definition) is 0. The van der Waals surface area contributed by atoms with Gasteiger partial charge in [-0.3, -0.25) is 0 Å². The van der Waals surface area contributed by atoms with Crippen molar-refractivity contribution in [3.05, 3.63) is 12.2 Å². The minimum absolute atomic E-state index is 0.286. The molecule has 2 heteroatoms. The molecular weight excluding hydrogens is 140 g/mol. The third-order valence-corrected chi connectivity index (χ3v) is 1.98. The van der Waals surface area contributed by atoms with Crippen molar-refractivity contribution in [1.82, 2.24) is 0 Å². The molecule has 11 heavy (non-hydrogen) atoms. The third-order valence-electron chi connectivity index (χ3n) is 1.98. The van der Waals surface area contributed by atoms with Crippen molar-refractivity contribution in [2.45, 2.75) is 19.4 Å². The summed E-state index contributed by atoms with van der Waals surface area (Å²) in [5.74, 6) is 0.719. The van der Waals surface area contributed by atoms with Gasteiger partial charge in [-0.15, -0.1) is 0 Å². The quantitative estimate of drug-likeness (QED) is 0.576. The van der Waals surface area contributed by atoms with Crippen molar-refractivity contribution in [2.75, 3.05) is 20.3 Å². The fourth-order valence-corrected chi connectivity index (χ4v) is 1.22.